The summed E-state index contributed by atoms with van der Waals surface area (Å²) in [5.41, 5.74) is 1.39. The van der Waals surface area contributed by atoms with Crippen LogP contribution in [0.4, 0.5) is 0 Å². The molecule has 1 aliphatic carbocycles. The fourth-order valence-corrected chi connectivity index (χ4v) is 3.37. The van der Waals surface area contributed by atoms with Gasteiger partial charge in [-0.3, -0.25) is 9.69 Å². The average molecular weight is 278 g/mol. The zero-order valence-corrected chi connectivity index (χ0v) is 13.2. The fraction of sp³-hybridized carbons (Fsp3) is 0.824. The maximum absolute atomic E-state index is 12.1. The third kappa shape index (κ3) is 4.93. The standard InChI is InChI=1S/C17H30N2O/c1-14(2)9-11-19-10-5-6-15(13-19)12-18-17(20)16-7-3-4-8-16/h9,15-16H,3-8,10-13H2,1-2H3,(H,18,20). The number of allylic oxidation sites excluding steroid dienone is 1. The number of hydrogen-bond donors (Lipinski definition) is 1. The SMILES string of the molecule is CC(C)=CCN1CCCC(CNC(=O)C2CCCC2)C1. The van der Waals surface area contributed by atoms with Crippen LogP contribution in [0.1, 0.15) is 52.4 Å². The smallest absolute Gasteiger partial charge is 0.223 e. The Morgan fingerprint density at radius 3 is 2.65 bits per heavy atom. The summed E-state index contributed by atoms with van der Waals surface area (Å²) >= 11 is 0. The summed E-state index contributed by atoms with van der Waals surface area (Å²) in [6.45, 7) is 8.59. The zero-order valence-electron chi connectivity index (χ0n) is 13.2. The number of nitrogens with zero attached hydrogens (tertiary/aromatic N) is 1. The largest absolute Gasteiger partial charge is 0.356 e. The van der Waals surface area contributed by atoms with Crippen molar-refractivity contribution in [3.8, 4) is 0 Å². The number of carbonyl (C=O) groups excluding carboxylic acids is 1. The first-order chi connectivity index (χ1) is 9.65. The van der Waals surface area contributed by atoms with E-state index in [0.717, 1.165) is 32.5 Å². The summed E-state index contributed by atoms with van der Waals surface area (Å²) in [6.07, 6.45) is 9.50. The summed E-state index contributed by atoms with van der Waals surface area (Å²) in [5, 5.41) is 3.20. The highest BCUT2D eigenvalue weighted by Gasteiger charge is 2.24. The summed E-state index contributed by atoms with van der Waals surface area (Å²) in [7, 11) is 0. The summed E-state index contributed by atoms with van der Waals surface area (Å²) in [6, 6.07) is 0. The maximum Gasteiger partial charge on any atom is 0.223 e. The van der Waals surface area contributed by atoms with Gasteiger partial charge in [-0.2, -0.15) is 0 Å². The molecule has 114 valence electrons. The van der Waals surface area contributed by atoms with Crippen molar-refractivity contribution in [2.75, 3.05) is 26.2 Å². The van der Waals surface area contributed by atoms with E-state index in [9.17, 15) is 4.79 Å². The Hall–Kier alpha value is -0.830. The van der Waals surface area contributed by atoms with Gasteiger partial charge in [0.15, 0.2) is 0 Å². The minimum atomic E-state index is 0.306. The van der Waals surface area contributed by atoms with Crippen LogP contribution in [0, 0.1) is 11.8 Å². The minimum Gasteiger partial charge on any atom is -0.356 e. The molecular formula is C17H30N2O. The van der Waals surface area contributed by atoms with E-state index < -0.39 is 0 Å². The zero-order chi connectivity index (χ0) is 14.4. The normalized spacial score (nSPS) is 24.6. The first-order valence-corrected chi connectivity index (χ1v) is 8.28. The average Bonchev–Trinajstić information content (AvgIpc) is 2.97. The number of piperidine rings is 1. The first-order valence-electron chi connectivity index (χ1n) is 8.28. The summed E-state index contributed by atoms with van der Waals surface area (Å²) in [4.78, 5) is 14.6. The van der Waals surface area contributed by atoms with Gasteiger partial charge >= 0.3 is 0 Å². The van der Waals surface area contributed by atoms with Crippen molar-refractivity contribution in [3.05, 3.63) is 11.6 Å². The molecule has 20 heavy (non-hydrogen) atoms. The lowest BCUT2D eigenvalue weighted by Crippen LogP contribution is -2.42. The number of amides is 1. The molecule has 1 atom stereocenters. The van der Waals surface area contributed by atoms with E-state index >= 15 is 0 Å². The molecule has 0 spiro atoms. The highest BCUT2D eigenvalue weighted by molar-refractivity contribution is 5.78. The molecule has 1 saturated carbocycles. The molecule has 0 bridgehead atoms. The fourth-order valence-electron chi connectivity index (χ4n) is 3.37. The van der Waals surface area contributed by atoms with E-state index in [-0.39, 0.29) is 0 Å². The third-order valence-electron chi connectivity index (χ3n) is 4.65. The minimum absolute atomic E-state index is 0.306. The van der Waals surface area contributed by atoms with E-state index in [1.165, 1.54) is 37.8 Å². The van der Waals surface area contributed by atoms with Crippen LogP contribution in [0.25, 0.3) is 0 Å². The molecule has 3 heteroatoms. The van der Waals surface area contributed by atoms with E-state index in [1.54, 1.807) is 0 Å². The van der Waals surface area contributed by atoms with Gasteiger partial charge < -0.3 is 5.32 Å². The Kier molecular flexibility index (Phi) is 6.08. The predicted molar refractivity (Wildman–Crippen MR) is 83.6 cm³/mol. The highest BCUT2D eigenvalue weighted by atomic mass is 16.1. The van der Waals surface area contributed by atoms with Crippen LogP contribution in [0.3, 0.4) is 0 Å². The Morgan fingerprint density at radius 1 is 1.20 bits per heavy atom. The molecule has 1 amide bonds. The molecule has 2 aliphatic rings. The molecule has 2 rings (SSSR count). The Morgan fingerprint density at radius 2 is 1.95 bits per heavy atom. The van der Waals surface area contributed by atoms with Crippen LogP contribution in [0.5, 0.6) is 0 Å². The van der Waals surface area contributed by atoms with Crippen molar-refractivity contribution in [2.24, 2.45) is 11.8 Å². The highest BCUT2D eigenvalue weighted by Crippen LogP contribution is 2.25. The molecule has 0 aromatic rings. The van der Waals surface area contributed by atoms with Gasteiger partial charge in [-0.25, -0.2) is 0 Å². The third-order valence-corrected chi connectivity index (χ3v) is 4.65. The predicted octanol–water partition coefficient (Wildman–Crippen LogP) is 2.97. The van der Waals surface area contributed by atoms with Gasteiger partial charge in [0.1, 0.15) is 0 Å². The lowest BCUT2D eigenvalue weighted by Gasteiger charge is -2.32. The van der Waals surface area contributed by atoms with Gasteiger partial charge in [0.25, 0.3) is 0 Å². The molecule has 1 heterocycles. The van der Waals surface area contributed by atoms with Crippen LogP contribution in [0.15, 0.2) is 11.6 Å². The van der Waals surface area contributed by atoms with Crippen molar-refractivity contribution in [2.45, 2.75) is 52.4 Å². The van der Waals surface area contributed by atoms with Gasteiger partial charge in [-0.15, -0.1) is 0 Å². The molecular weight excluding hydrogens is 248 g/mol. The number of hydrogen-bond acceptors (Lipinski definition) is 2. The molecule has 0 aromatic heterocycles. The van der Waals surface area contributed by atoms with Crippen LogP contribution in [-0.2, 0) is 4.79 Å². The molecule has 2 fully saturated rings. The van der Waals surface area contributed by atoms with Crippen molar-refractivity contribution in [3.63, 3.8) is 0 Å². The Labute approximate surface area is 123 Å². The lowest BCUT2D eigenvalue weighted by atomic mass is 9.97. The van der Waals surface area contributed by atoms with Crippen LogP contribution in [0.2, 0.25) is 0 Å². The second-order valence-corrected chi connectivity index (χ2v) is 6.78. The number of rotatable bonds is 5. The van der Waals surface area contributed by atoms with E-state index in [0.29, 0.717) is 17.7 Å². The maximum atomic E-state index is 12.1. The molecule has 1 N–H and O–H groups in total. The van der Waals surface area contributed by atoms with Crippen LogP contribution < -0.4 is 5.32 Å². The number of carbonyl (C=O) groups is 1. The molecule has 3 nitrogen and oxygen atoms in total. The molecule has 0 aromatic carbocycles. The first kappa shape index (κ1) is 15.6. The van der Waals surface area contributed by atoms with Crippen LogP contribution >= 0.6 is 0 Å². The van der Waals surface area contributed by atoms with Crippen molar-refractivity contribution in [1.82, 2.24) is 10.2 Å². The van der Waals surface area contributed by atoms with Gasteiger partial charge in [-0.1, -0.05) is 24.5 Å². The van der Waals surface area contributed by atoms with Gasteiger partial charge in [-0.05, 0) is 52.0 Å². The molecule has 1 saturated heterocycles. The molecule has 0 radical (unpaired) electrons. The lowest BCUT2D eigenvalue weighted by molar-refractivity contribution is -0.125. The number of nitrogens with one attached hydrogen (secondary N) is 1. The van der Waals surface area contributed by atoms with Gasteiger partial charge in [0.05, 0.1) is 0 Å². The van der Waals surface area contributed by atoms with Crippen molar-refractivity contribution < 1.29 is 4.79 Å². The second-order valence-electron chi connectivity index (χ2n) is 6.78. The second kappa shape index (κ2) is 7.82. The quantitative estimate of drug-likeness (QED) is 0.784. The summed E-state index contributed by atoms with van der Waals surface area (Å²) < 4.78 is 0. The van der Waals surface area contributed by atoms with Crippen molar-refractivity contribution in [1.29, 1.82) is 0 Å². The molecule has 1 unspecified atom stereocenters. The summed E-state index contributed by atoms with van der Waals surface area (Å²) in [5.74, 6) is 1.25. The number of likely N-dealkylation sites (tertiary alicyclic amines) is 1. The van der Waals surface area contributed by atoms with E-state index in [4.69, 9.17) is 0 Å². The van der Waals surface area contributed by atoms with E-state index in [1.807, 2.05) is 0 Å². The molecule has 1 aliphatic heterocycles. The van der Waals surface area contributed by atoms with Gasteiger partial charge in [0.2, 0.25) is 5.91 Å². The Balaban J connectivity index is 1.69. The topological polar surface area (TPSA) is 32.3 Å². The van der Waals surface area contributed by atoms with E-state index in [2.05, 4.69) is 30.1 Å². The Bertz CT molecular complexity index is 341. The monoisotopic (exact) mass is 278 g/mol. The van der Waals surface area contributed by atoms with Crippen LogP contribution in [-0.4, -0.2) is 37.0 Å². The van der Waals surface area contributed by atoms with Gasteiger partial charge in [0, 0.05) is 25.6 Å². The van der Waals surface area contributed by atoms with Crippen molar-refractivity contribution >= 4 is 5.91 Å².